The molecule has 1 N–H and O–H groups in total. The first-order valence-corrected chi connectivity index (χ1v) is 21.3. The van der Waals surface area contributed by atoms with Crippen molar-refractivity contribution in [3.05, 3.63) is 150 Å². The average molecular weight is 871 g/mol. The van der Waals surface area contributed by atoms with Crippen molar-refractivity contribution >= 4 is 53.4 Å². The minimum Gasteiger partial charge on any atom is -0.513 e. The zero-order chi connectivity index (χ0) is 47.4. The molecule has 1 unspecified atom stereocenters. The lowest BCUT2D eigenvalue weighted by Gasteiger charge is -2.38. The highest BCUT2D eigenvalue weighted by molar-refractivity contribution is 6.00. The lowest BCUT2D eigenvalue weighted by Crippen LogP contribution is -2.40. The van der Waals surface area contributed by atoms with E-state index >= 15 is 26.3 Å². The van der Waals surface area contributed by atoms with Crippen LogP contribution in [0.3, 0.4) is 0 Å². The van der Waals surface area contributed by atoms with Gasteiger partial charge in [-0.1, -0.05) is 84.2 Å². The first-order chi connectivity index (χ1) is 29.8. The molecule has 7 rings (SSSR count). The van der Waals surface area contributed by atoms with Gasteiger partial charge >= 0.3 is 12.4 Å². The van der Waals surface area contributed by atoms with E-state index in [1.54, 1.807) is 32.0 Å². The Balaban J connectivity index is 1.65. The standard InChI is InChI=1S/C55H52F6N2O/c1-15-39-40-21-19-20-22-45(40)53(46(39)25-32(7)64,37-23-30(5)49(52(14,17-3)18-4)47(26-37)54(56,57)58)38-24-31(6)50(48(27-38)55(59,60)61)62-33(8)41-28-43-35(10)63(51(12,13)16-2)36(11)44(43)29-42(41)34(62)9/h1,20,22-29,64H,8-11,16-18H2,2-7,12-14H3/b32-25+. The number of benzene rings is 3. The number of alkyl halides is 6. The van der Waals surface area contributed by atoms with Crippen molar-refractivity contribution in [1.82, 2.24) is 9.13 Å². The molecule has 0 radical (unpaired) electrons. The van der Waals surface area contributed by atoms with Crippen molar-refractivity contribution in [3.8, 4) is 18.0 Å². The van der Waals surface area contributed by atoms with Crippen LogP contribution < -0.4 is 21.4 Å². The van der Waals surface area contributed by atoms with Crippen LogP contribution in [0.25, 0.3) is 59.1 Å². The summed E-state index contributed by atoms with van der Waals surface area (Å²) in [5.74, 6) is 2.38. The van der Waals surface area contributed by atoms with Gasteiger partial charge in [0.15, 0.2) is 0 Å². The van der Waals surface area contributed by atoms with Gasteiger partial charge in [-0.05, 0) is 141 Å². The van der Waals surface area contributed by atoms with Crippen molar-refractivity contribution in [1.29, 1.82) is 0 Å². The first-order valence-electron chi connectivity index (χ1n) is 21.3. The molecule has 6 aromatic rings. The molecule has 0 saturated carbocycles. The number of hydrogen-bond donors (Lipinski definition) is 1. The van der Waals surface area contributed by atoms with E-state index in [0.29, 0.717) is 45.4 Å². The summed E-state index contributed by atoms with van der Waals surface area (Å²) in [6.07, 6.45) is -0.756. The van der Waals surface area contributed by atoms with Crippen LogP contribution in [0.15, 0.2) is 65.9 Å². The van der Waals surface area contributed by atoms with Crippen molar-refractivity contribution in [2.75, 3.05) is 0 Å². The molecular weight excluding hydrogens is 819 g/mol. The fourth-order valence-electron chi connectivity index (χ4n) is 10.4. The molecule has 1 atom stereocenters. The van der Waals surface area contributed by atoms with Crippen molar-refractivity contribution in [3.63, 3.8) is 0 Å². The van der Waals surface area contributed by atoms with Gasteiger partial charge in [-0.15, -0.1) is 6.42 Å². The lowest BCUT2D eigenvalue weighted by molar-refractivity contribution is -0.139. The van der Waals surface area contributed by atoms with Crippen LogP contribution in [0.2, 0.25) is 0 Å². The van der Waals surface area contributed by atoms with Crippen LogP contribution in [0.5, 0.6) is 0 Å². The summed E-state index contributed by atoms with van der Waals surface area (Å²) in [7, 11) is 0. The van der Waals surface area contributed by atoms with E-state index in [-0.39, 0.29) is 66.6 Å². The highest BCUT2D eigenvalue weighted by Crippen LogP contribution is 2.57. The molecule has 64 heavy (non-hydrogen) atoms. The van der Waals surface area contributed by atoms with Crippen LogP contribution in [0.4, 0.5) is 26.3 Å². The molecular formula is C55H52F6N2O. The summed E-state index contributed by atoms with van der Waals surface area (Å²) >= 11 is 0. The van der Waals surface area contributed by atoms with Crippen molar-refractivity contribution in [2.45, 2.75) is 110 Å². The smallest absolute Gasteiger partial charge is 0.418 e. The fourth-order valence-corrected chi connectivity index (χ4v) is 10.4. The predicted octanol–water partition coefficient (Wildman–Crippen LogP) is 11.9. The number of fused-ring (bicyclic) bond motifs is 3. The van der Waals surface area contributed by atoms with Crippen LogP contribution in [0.1, 0.15) is 118 Å². The van der Waals surface area contributed by atoms with Gasteiger partial charge in [-0.3, -0.25) is 0 Å². The zero-order valence-corrected chi connectivity index (χ0v) is 37.8. The second kappa shape index (κ2) is 15.2. The molecule has 0 spiro atoms. The van der Waals surface area contributed by atoms with Crippen LogP contribution in [-0.2, 0) is 28.7 Å². The number of aliphatic hydroxyl groups excluding tert-OH is 1. The van der Waals surface area contributed by atoms with Crippen molar-refractivity contribution in [2.24, 2.45) is 0 Å². The molecule has 0 fully saturated rings. The molecule has 9 heteroatoms. The normalized spacial score (nSPS) is 16.2. The van der Waals surface area contributed by atoms with Gasteiger partial charge in [0.1, 0.15) is 0 Å². The summed E-state index contributed by atoms with van der Waals surface area (Å²) in [5, 5.41) is 15.6. The molecule has 330 valence electrons. The maximum absolute atomic E-state index is 16.1. The van der Waals surface area contributed by atoms with Gasteiger partial charge in [0.2, 0.25) is 0 Å². The van der Waals surface area contributed by atoms with E-state index < -0.39 is 34.3 Å². The highest BCUT2D eigenvalue weighted by atomic mass is 19.4. The fraction of sp³-hybridized carbons (Fsp3) is 0.309. The number of aryl methyl sites for hydroxylation is 2. The molecule has 1 aliphatic rings. The van der Waals surface area contributed by atoms with Gasteiger partial charge in [-0.2, -0.15) is 26.3 Å². The monoisotopic (exact) mass is 870 g/mol. The minimum atomic E-state index is -5.01. The molecule has 2 heterocycles. The maximum Gasteiger partial charge on any atom is 0.418 e. The van der Waals surface area contributed by atoms with Crippen LogP contribution in [-0.4, -0.2) is 14.2 Å². The number of halogens is 6. The molecule has 4 aromatic carbocycles. The third-order valence-electron chi connectivity index (χ3n) is 14.1. The Morgan fingerprint density at radius 1 is 0.766 bits per heavy atom. The minimum absolute atomic E-state index is 0.0205. The number of rotatable bonds is 9. The molecule has 3 nitrogen and oxygen atoms in total. The highest BCUT2D eigenvalue weighted by Gasteiger charge is 2.51. The van der Waals surface area contributed by atoms with Gasteiger partial charge in [0, 0.05) is 59.6 Å². The lowest BCUT2D eigenvalue weighted by atomic mass is 9.64. The Kier molecular flexibility index (Phi) is 10.8. The number of hydrogen-bond acceptors (Lipinski definition) is 1. The van der Waals surface area contributed by atoms with Gasteiger partial charge in [0.05, 0.1) is 28.0 Å². The van der Waals surface area contributed by atoms with Crippen LogP contribution >= 0.6 is 0 Å². The van der Waals surface area contributed by atoms with Gasteiger partial charge < -0.3 is 14.2 Å². The van der Waals surface area contributed by atoms with E-state index in [4.69, 9.17) is 6.42 Å². The maximum atomic E-state index is 16.1. The van der Waals surface area contributed by atoms with E-state index in [2.05, 4.69) is 69.7 Å². The van der Waals surface area contributed by atoms with E-state index in [0.717, 1.165) is 29.3 Å². The number of aliphatic hydroxyl groups is 1. The Morgan fingerprint density at radius 2 is 1.27 bits per heavy atom. The summed E-state index contributed by atoms with van der Waals surface area (Å²) in [6.45, 7) is 33.6. The number of nitrogens with zero attached hydrogens (tertiary/aromatic N) is 2. The Hall–Kier alpha value is -6.32. The zero-order valence-electron chi connectivity index (χ0n) is 37.8. The summed E-state index contributed by atoms with van der Waals surface area (Å²) < 4.78 is 98.4. The average Bonchev–Trinajstić information content (AvgIpc) is 3.75. The quantitative estimate of drug-likeness (QED) is 0.0876. The van der Waals surface area contributed by atoms with Gasteiger partial charge in [-0.25, -0.2) is 0 Å². The molecule has 1 aliphatic carbocycles. The Labute approximate surface area is 370 Å². The first kappa shape index (κ1) is 45.7. The van der Waals surface area contributed by atoms with E-state index in [9.17, 15) is 5.11 Å². The summed E-state index contributed by atoms with van der Waals surface area (Å²) in [4.78, 5) is 0. The summed E-state index contributed by atoms with van der Waals surface area (Å²) in [5.41, 5.74) is -3.95. The second-order valence-corrected chi connectivity index (χ2v) is 18.1. The number of allylic oxidation sites excluding steroid dienone is 4. The predicted molar refractivity (Wildman–Crippen MR) is 249 cm³/mol. The molecule has 0 saturated heterocycles. The van der Waals surface area contributed by atoms with Gasteiger partial charge in [0.25, 0.3) is 0 Å². The summed E-state index contributed by atoms with van der Waals surface area (Å²) in [6, 6.07) is 17.9. The molecule has 0 aliphatic heterocycles. The van der Waals surface area contributed by atoms with E-state index in [1.807, 2.05) is 26.0 Å². The number of terminal acetylenes is 1. The third kappa shape index (κ3) is 6.53. The Bertz CT molecular complexity index is 3190. The van der Waals surface area contributed by atoms with E-state index in [1.165, 1.54) is 30.6 Å². The van der Waals surface area contributed by atoms with Crippen molar-refractivity contribution < 1.29 is 31.4 Å². The van der Waals surface area contributed by atoms with Crippen LogP contribution in [0, 0.1) is 38.3 Å². The molecule has 2 aromatic heterocycles. The number of aromatic nitrogens is 2. The molecule has 0 bridgehead atoms. The SMILES string of the molecule is C#CC1=C(/C=C(\C)O)C(c2cc(C)c(-n3c(=C)c4cc5c(=C)n(C(C)(C)CC)c(=C)c5cc4c3=C)c(C(F)(F)F)c2)(c2cc(C)c(C(C)(CC)CC)c(C(F)(F)F)c2)c2ccc#cc21. The second-order valence-electron chi connectivity index (χ2n) is 18.1. The third-order valence-corrected chi connectivity index (χ3v) is 14.1. The largest absolute Gasteiger partial charge is 0.513 e. The topological polar surface area (TPSA) is 30.1 Å². The molecule has 0 amide bonds. The Morgan fingerprint density at radius 3 is 1.73 bits per heavy atom.